The lowest BCUT2D eigenvalue weighted by Gasteiger charge is -2.09. The lowest BCUT2D eigenvalue weighted by molar-refractivity contribution is 0.623. The lowest BCUT2D eigenvalue weighted by atomic mass is 10.2. The predicted molar refractivity (Wildman–Crippen MR) is 80.9 cm³/mol. The summed E-state index contributed by atoms with van der Waals surface area (Å²) >= 11 is 3.54. The molecule has 0 bridgehead atoms. The standard InChI is InChI=1S/C16H12BrFN2/c17-15-7-2-1-6-14(15)16-19-8-9-20(16)11-12-4-3-5-13(18)10-12/h1-10H,11H2. The molecule has 0 atom stereocenters. The van der Waals surface area contributed by atoms with Crippen LogP contribution in [0.5, 0.6) is 0 Å². The largest absolute Gasteiger partial charge is 0.327 e. The van der Waals surface area contributed by atoms with E-state index in [9.17, 15) is 4.39 Å². The van der Waals surface area contributed by atoms with Crippen molar-refractivity contribution in [3.63, 3.8) is 0 Å². The zero-order valence-electron chi connectivity index (χ0n) is 10.6. The Hall–Kier alpha value is -1.94. The summed E-state index contributed by atoms with van der Waals surface area (Å²) in [5.41, 5.74) is 1.94. The number of halogens is 2. The SMILES string of the molecule is Fc1cccc(Cn2ccnc2-c2ccccc2Br)c1. The molecule has 0 saturated carbocycles. The van der Waals surface area contributed by atoms with Crippen LogP contribution in [0, 0.1) is 5.82 Å². The first-order chi connectivity index (χ1) is 9.74. The van der Waals surface area contributed by atoms with E-state index in [1.165, 1.54) is 6.07 Å². The second-order valence-electron chi connectivity index (χ2n) is 4.49. The molecule has 3 aromatic rings. The number of rotatable bonds is 3. The molecule has 0 aliphatic carbocycles. The van der Waals surface area contributed by atoms with E-state index < -0.39 is 0 Å². The number of benzene rings is 2. The molecule has 100 valence electrons. The van der Waals surface area contributed by atoms with Gasteiger partial charge in [0.15, 0.2) is 0 Å². The van der Waals surface area contributed by atoms with Crippen LogP contribution in [0.15, 0.2) is 65.4 Å². The molecule has 0 unspecified atom stereocenters. The second-order valence-corrected chi connectivity index (χ2v) is 5.34. The van der Waals surface area contributed by atoms with Crippen molar-refractivity contribution >= 4 is 15.9 Å². The Morgan fingerprint density at radius 2 is 1.95 bits per heavy atom. The highest BCUT2D eigenvalue weighted by Crippen LogP contribution is 2.27. The van der Waals surface area contributed by atoms with Crippen molar-refractivity contribution in [2.24, 2.45) is 0 Å². The van der Waals surface area contributed by atoms with Crippen LogP contribution >= 0.6 is 15.9 Å². The molecule has 0 aliphatic rings. The van der Waals surface area contributed by atoms with Gasteiger partial charge in [-0.15, -0.1) is 0 Å². The maximum Gasteiger partial charge on any atom is 0.141 e. The Labute approximate surface area is 125 Å². The van der Waals surface area contributed by atoms with E-state index in [0.29, 0.717) is 6.54 Å². The topological polar surface area (TPSA) is 17.8 Å². The quantitative estimate of drug-likeness (QED) is 0.691. The van der Waals surface area contributed by atoms with Crippen LogP contribution in [0.25, 0.3) is 11.4 Å². The van der Waals surface area contributed by atoms with E-state index in [1.54, 1.807) is 18.3 Å². The predicted octanol–water partition coefficient (Wildman–Crippen LogP) is 4.50. The molecule has 0 N–H and O–H groups in total. The molecule has 4 heteroatoms. The normalized spacial score (nSPS) is 10.7. The molecule has 3 rings (SSSR count). The van der Waals surface area contributed by atoms with E-state index in [2.05, 4.69) is 20.9 Å². The van der Waals surface area contributed by atoms with Gasteiger partial charge in [-0.25, -0.2) is 9.37 Å². The van der Waals surface area contributed by atoms with Crippen molar-refractivity contribution < 1.29 is 4.39 Å². The van der Waals surface area contributed by atoms with Gasteiger partial charge in [0.2, 0.25) is 0 Å². The third-order valence-corrected chi connectivity index (χ3v) is 3.76. The minimum absolute atomic E-state index is 0.218. The summed E-state index contributed by atoms with van der Waals surface area (Å²) in [4.78, 5) is 4.41. The highest BCUT2D eigenvalue weighted by molar-refractivity contribution is 9.10. The third-order valence-electron chi connectivity index (χ3n) is 3.07. The fourth-order valence-electron chi connectivity index (χ4n) is 2.16. The molecule has 2 aromatic carbocycles. The minimum Gasteiger partial charge on any atom is -0.327 e. The summed E-state index contributed by atoms with van der Waals surface area (Å²) in [6.07, 6.45) is 3.66. The van der Waals surface area contributed by atoms with Crippen molar-refractivity contribution in [1.29, 1.82) is 0 Å². The second kappa shape index (κ2) is 5.59. The highest BCUT2D eigenvalue weighted by atomic mass is 79.9. The van der Waals surface area contributed by atoms with Gasteiger partial charge in [-0.3, -0.25) is 0 Å². The Kier molecular flexibility index (Phi) is 3.65. The number of hydrogen-bond acceptors (Lipinski definition) is 1. The monoisotopic (exact) mass is 330 g/mol. The molecule has 0 radical (unpaired) electrons. The first-order valence-electron chi connectivity index (χ1n) is 6.24. The summed E-state index contributed by atoms with van der Waals surface area (Å²) in [6, 6.07) is 14.6. The summed E-state index contributed by atoms with van der Waals surface area (Å²) in [6.45, 7) is 0.592. The van der Waals surface area contributed by atoms with E-state index >= 15 is 0 Å². The average molecular weight is 331 g/mol. The van der Waals surface area contributed by atoms with E-state index in [1.807, 2.05) is 41.1 Å². The molecule has 1 heterocycles. The van der Waals surface area contributed by atoms with Gasteiger partial charge in [-0.1, -0.05) is 46.3 Å². The van der Waals surface area contributed by atoms with Gasteiger partial charge >= 0.3 is 0 Å². The first-order valence-corrected chi connectivity index (χ1v) is 7.04. The Morgan fingerprint density at radius 1 is 1.10 bits per heavy atom. The average Bonchev–Trinajstić information content (AvgIpc) is 2.87. The van der Waals surface area contributed by atoms with Crippen LogP contribution < -0.4 is 0 Å². The Morgan fingerprint density at radius 3 is 2.75 bits per heavy atom. The van der Waals surface area contributed by atoms with Crippen LogP contribution in [0.1, 0.15) is 5.56 Å². The summed E-state index contributed by atoms with van der Waals surface area (Å²) in [7, 11) is 0. The third kappa shape index (κ3) is 2.65. The maximum absolute atomic E-state index is 13.3. The van der Waals surface area contributed by atoms with E-state index in [4.69, 9.17) is 0 Å². The van der Waals surface area contributed by atoms with E-state index in [-0.39, 0.29) is 5.82 Å². The van der Waals surface area contributed by atoms with Crippen molar-refractivity contribution in [3.05, 3.63) is 76.8 Å². The molecule has 2 nitrogen and oxygen atoms in total. The first kappa shape index (κ1) is 13.1. The minimum atomic E-state index is -0.218. The van der Waals surface area contributed by atoms with Crippen molar-refractivity contribution in [2.45, 2.75) is 6.54 Å². The van der Waals surface area contributed by atoms with Gasteiger partial charge in [-0.2, -0.15) is 0 Å². The Bertz CT molecular complexity index is 737. The molecule has 20 heavy (non-hydrogen) atoms. The van der Waals surface area contributed by atoms with Crippen molar-refractivity contribution in [2.75, 3.05) is 0 Å². The van der Waals surface area contributed by atoms with Crippen LogP contribution in [0.3, 0.4) is 0 Å². The van der Waals surface area contributed by atoms with Gasteiger partial charge in [0.25, 0.3) is 0 Å². The van der Waals surface area contributed by atoms with E-state index in [0.717, 1.165) is 21.4 Å². The van der Waals surface area contributed by atoms with Gasteiger partial charge in [0.1, 0.15) is 11.6 Å². The summed E-state index contributed by atoms with van der Waals surface area (Å²) in [5.74, 6) is 0.645. The van der Waals surface area contributed by atoms with Crippen LogP contribution in [-0.2, 0) is 6.54 Å². The molecular formula is C16H12BrFN2. The molecule has 0 fully saturated rings. The smallest absolute Gasteiger partial charge is 0.141 e. The Balaban J connectivity index is 1.97. The van der Waals surface area contributed by atoms with Crippen molar-refractivity contribution in [1.82, 2.24) is 9.55 Å². The number of imidazole rings is 1. The number of hydrogen-bond donors (Lipinski definition) is 0. The van der Waals surface area contributed by atoms with Crippen LogP contribution in [-0.4, -0.2) is 9.55 Å². The molecule has 0 spiro atoms. The fraction of sp³-hybridized carbons (Fsp3) is 0.0625. The van der Waals surface area contributed by atoms with Crippen LogP contribution in [0.4, 0.5) is 4.39 Å². The fourth-order valence-corrected chi connectivity index (χ4v) is 2.62. The van der Waals surface area contributed by atoms with Gasteiger partial charge in [0, 0.05) is 29.0 Å². The lowest BCUT2D eigenvalue weighted by Crippen LogP contribution is -2.01. The maximum atomic E-state index is 13.3. The number of aromatic nitrogens is 2. The van der Waals surface area contributed by atoms with Gasteiger partial charge in [-0.05, 0) is 23.8 Å². The summed E-state index contributed by atoms with van der Waals surface area (Å²) < 4.78 is 16.3. The molecular weight excluding hydrogens is 319 g/mol. The molecule has 0 amide bonds. The van der Waals surface area contributed by atoms with Crippen molar-refractivity contribution in [3.8, 4) is 11.4 Å². The molecule has 1 aromatic heterocycles. The van der Waals surface area contributed by atoms with Crippen LogP contribution in [0.2, 0.25) is 0 Å². The number of nitrogens with zero attached hydrogens (tertiary/aromatic N) is 2. The highest BCUT2D eigenvalue weighted by Gasteiger charge is 2.09. The molecule has 0 aliphatic heterocycles. The molecule has 0 saturated heterocycles. The van der Waals surface area contributed by atoms with Gasteiger partial charge < -0.3 is 4.57 Å². The summed E-state index contributed by atoms with van der Waals surface area (Å²) in [5, 5.41) is 0. The zero-order valence-corrected chi connectivity index (χ0v) is 12.2. The zero-order chi connectivity index (χ0) is 13.9. The van der Waals surface area contributed by atoms with Gasteiger partial charge in [0.05, 0.1) is 0 Å².